The summed E-state index contributed by atoms with van der Waals surface area (Å²) in [5, 5.41) is 5.98. The Morgan fingerprint density at radius 1 is 1.33 bits per heavy atom. The molecule has 0 unspecified atom stereocenters. The highest BCUT2D eigenvalue weighted by Gasteiger charge is 2.16. The zero-order valence-corrected chi connectivity index (χ0v) is 13.3. The fraction of sp³-hybridized carbons (Fsp3) is 0.562. The number of para-hydroxylation sites is 1. The number of hydrogen-bond donors (Lipinski definition) is 2. The molecule has 2 N–H and O–H groups in total. The summed E-state index contributed by atoms with van der Waals surface area (Å²) >= 11 is 0. The van der Waals surface area contributed by atoms with Crippen LogP contribution in [-0.2, 0) is 11.3 Å². The molecule has 0 aliphatic carbocycles. The summed E-state index contributed by atoms with van der Waals surface area (Å²) < 4.78 is 19.2. The number of benzene rings is 1. The Bertz CT molecular complexity index is 470. The summed E-state index contributed by atoms with van der Waals surface area (Å²) in [7, 11) is 0. The van der Waals surface area contributed by atoms with Gasteiger partial charge in [0, 0.05) is 17.6 Å². The second kappa shape index (κ2) is 7.98. The van der Waals surface area contributed by atoms with Crippen molar-refractivity contribution in [1.29, 1.82) is 0 Å². The predicted octanol–water partition coefficient (Wildman–Crippen LogP) is 2.62. The number of amides is 1. The van der Waals surface area contributed by atoms with E-state index in [-0.39, 0.29) is 23.8 Å². The van der Waals surface area contributed by atoms with Crippen LogP contribution >= 0.6 is 0 Å². The van der Waals surface area contributed by atoms with E-state index in [9.17, 15) is 9.18 Å². The minimum absolute atomic E-state index is 0.144. The third-order valence-corrected chi connectivity index (χ3v) is 2.65. The van der Waals surface area contributed by atoms with E-state index in [2.05, 4.69) is 17.6 Å². The molecule has 0 heterocycles. The molecule has 0 aliphatic heterocycles. The van der Waals surface area contributed by atoms with Crippen molar-refractivity contribution in [3.05, 3.63) is 29.6 Å². The maximum atomic E-state index is 13.9. The Labute approximate surface area is 126 Å². The number of ether oxygens (including phenoxy) is 1. The van der Waals surface area contributed by atoms with Crippen LogP contribution in [0.5, 0.6) is 5.75 Å². The van der Waals surface area contributed by atoms with Gasteiger partial charge in [-0.25, -0.2) is 4.39 Å². The van der Waals surface area contributed by atoms with Crippen LogP contribution in [0.1, 0.15) is 39.7 Å². The summed E-state index contributed by atoms with van der Waals surface area (Å²) in [5.41, 5.74) is 0.383. The van der Waals surface area contributed by atoms with Crippen LogP contribution in [0.3, 0.4) is 0 Å². The van der Waals surface area contributed by atoms with E-state index in [1.54, 1.807) is 12.1 Å². The molecule has 1 aromatic rings. The molecule has 0 aromatic heterocycles. The molecule has 0 aliphatic rings. The van der Waals surface area contributed by atoms with Gasteiger partial charge in [0.15, 0.2) is 18.2 Å². The standard InChI is InChI=1S/C16H25FN2O2/c1-5-9-18-10-12-7-6-8-13(17)15(12)21-11-14(20)19-16(2,3)4/h6-8,18H,5,9-11H2,1-4H3,(H,19,20). The van der Waals surface area contributed by atoms with E-state index in [1.165, 1.54) is 6.07 Å². The summed E-state index contributed by atoms with van der Waals surface area (Å²) in [6.07, 6.45) is 0.999. The lowest BCUT2D eigenvalue weighted by atomic mass is 10.1. The van der Waals surface area contributed by atoms with E-state index in [1.807, 2.05) is 20.8 Å². The molecule has 0 saturated heterocycles. The number of halogens is 1. The molecule has 118 valence electrons. The van der Waals surface area contributed by atoms with Crippen molar-refractivity contribution in [2.75, 3.05) is 13.2 Å². The Balaban J connectivity index is 2.66. The van der Waals surface area contributed by atoms with Crippen molar-refractivity contribution < 1.29 is 13.9 Å². The van der Waals surface area contributed by atoms with Crippen molar-refractivity contribution in [3.63, 3.8) is 0 Å². The molecule has 0 bridgehead atoms. The number of hydrogen-bond acceptors (Lipinski definition) is 3. The smallest absolute Gasteiger partial charge is 0.258 e. The van der Waals surface area contributed by atoms with Crippen LogP contribution in [0, 0.1) is 5.82 Å². The first-order valence-corrected chi connectivity index (χ1v) is 7.25. The minimum Gasteiger partial charge on any atom is -0.480 e. The van der Waals surface area contributed by atoms with E-state index < -0.39 is 5.82 Å². The molecule has 1 amide bonds. The maximum Gasteiger partial charge on any atom is 0.258 e. The normalized spacial score (nSPS) is 11.3. The monoisotopic (exact) mass is 296 g/mol. The molecular formula is C16H25FN2O2. The van der Waals surface area contributed by atoms with Gasteiger partial charge in [0.25, 0.3) is 5.91 Å². The Morgan fingerprint density at radius 3 is 2.67 bits per heavy atom. The third kappa shape index (κ3) is 6.58. The van der Waals surface area contributed by atoms with Gasteiger partial charge in [-0.2, -0.15) is 0 Å². The quantitative estimate of drug-likeness (QED) is 0.761. The van der Waals surface area contributed by atoms with Crippen molar-refractivity contribution in [3.8, 4) is 5.75 Å². The zero-order chi connectivity index (χ0) is 15.9. The molecule has 0 fully saturated rings. The van der Waals surface area contributed by atoms with Crippen molar-refractivity contribution in [2.45, 2.75) is 46.2 Å². The second-order valence-corrected chi connectivity index (χ2v) is 5.99. The minimum atomic E-state index is -0.450. The summed E-state index contributed by atoms with van der Waals surface area (Å²) in [5.74, 6) is -0.572. The first kappa shape index (κ1) is 17.4. The van der Waals surface area contributed by atoms with Gasteiger partial charge in [-0.3, -0.25) is 4.79 Å². The van der Waals surface area contributed by atoms with E-state index in [0.29, 0.717) is 12.1 Å². The molecule has 0 radical (unpaired) electrons. The maximum absolute atomic E-state index is 13.9. The lowest BCUT2D eigenvalue weighted by molar-refractivity contribution is -0.124. The Kier molecular flexibility index (Phi) is 6.62. The van der Waals surface area contributed by atoms with Gasteiger partial charge in [-0.1, -0.05) is 19.1 Å². The van der Waals surface area contributed by atoms with Gasteiger partial charge < -0.3 is 15.4 Å². The highest BCUT2D eigenvalue weighted by molar-refractivity contribution is 5.78. The van der Waals surface area contributed by atoms with Crippen LogP contribution < -0.4 is 15.4 Å². The van der Waals surface area contributed by atoms with Gasteiger partial charge in [-0.15, -0.1) is 0 Å². The highest BCUT2D eigenvalue weighted by Crippen LogP contribution is 2.22. The predicted molar refractivity (Wildman–Crippen MR) is 81.8 cm³/mol. The SMILES string of the molecule is CCCNCc1cccc(F)c1OCC(=O)NC(C)(C)C. The molecule has 1 aromatic carbocycles. The van der Waals surface area contributed by atoms with Gasteiger partial charge >= 0.3 is 0 Å². The van der Waals surface area contributed by atoms with E-state index in [4.69, 9.17) is 4.74 Å². The van der Waals surface area contributed by atoms with Crippen molar-refractivity contribution in [2.24, 2.45) is 0 Å². The number of rotatable bonds is 7. The van der Waals surface area contributed by atoms with Crippen LogP contribution in [0.2, 0.25) is 0 Å². The summed E-state index contributed by atoms with van der Waals surface area (Å²) in [6, 6.07) is 4.77. The lowest BCUT2D eigenvalue weighted by Gasteiger charge is -2.21. The highest BCUT2D eigenvalue weighted by atomic mass is 19.1. The van der Waals surface area contributed by atoms with Crippen molar-refractivity contribution in [1.82, 2.24) is 10.6 Å². The molecule has 0 saturated carbocycles. The first-order chi connectivity index (χ1) is 9.83. The fourth-order valence-corrected chi connectivity index (χ4v) is 1.85. The molecule has 0 spiro atoms. The molecule has 4 nitrogen and oxygen atoms in total. The Hall–Kier alpha value is -1.62. The summed E-state index contributed by atoms with van der Waals surface area (Å²) in [6.45, 7) is 8.88. The number of nitrogens with one attached hydrogen (secondary N) is 2. The third-order valence-electron chi connectivity index (χ3n) is 2.65. The van der Waals surface area contributed by atoms with Crippen molar-refractivity contribution >= 4 is 5.91 Å². The fourth-order valence-electron chi connectivity index (χ4n) is 1.85. The van der Waals surface area contributed by atoms with Gasteiger partial charge in [0.1, 0.15) is 0 Å². The van der Waals surface area contributed by atoms with Crippen LogP contribution in [0.25, 0.3) is 0 Å². The average molecular weight is 296 g/mol. The largest absolute Gasteiger partial charge is 0.480 e. The Morgan fingerprint density at radius 2 is 2.05 bits per heavy atom. The van der Waals surface area contributed by atoms with Gasteiger partial charge in [0.05, 0.1) is 0 Å². The van der Waals surface area contributed by atoms with Crippen LogP contribution in [-0.4, -0.2) is 24.6 Å². The summed E-state index contributed by atoms with van der Waals surface area (Å²) in [4.78, 5) is 11.7. The molecule has 5 heteroatoms. The lowest BCUT2D eigenvalue weighted by Crippen LogP contribution is -2.43. The van der Waals surface area contributed by atoms with E-state index >= 15 is 0 Å². The second-order valence-electron chi connectivity index (χ2n) is 5.99. The molecule has 1 rings (SSSR count). The molecular weight excluding hydrogens is 271 g/mol. The number of carbonyl (C=O) groups excluding carboxylic acids is 1. The van der Waals surface area contributed by atoms with Gasteiger partial charge in [0.2, 0.25) is 0 Å². The first-order valence-electron chi connectivity index (χ1n) is 7.25. The van der Waals surface area contributed by atoms with Crippen LogP contribution in [0.4, 0.5) is 4.39 Å². The zero-order valence-electron chi connectivity index (χ0n) is 13.3. The topological polar surface area (TPSA) is 50.4 Å². The van der Waals surface area contributed by atoms with Crippen LogP contribution in [0.15, 0.2) is 18.2 Å². The van der Waals surface area contributed by atoms with E-state index in [0.717, 1.165) is 13.0 Å². The average Bonchev–Trinajstić information content (AvgIpc) is 2.36. The number of carbonyl (C=O) groups is 1. The molecule has 0 atom stereocenters. The molecule has 21 heavy (non-hydrogen) atoms. The van der Waals surface area contributed by atoms with Gasteiger partial charge in [-0.05, 0) is 39.8 Å².